The molecule has 0 bridgehead atoms. The van der Waals surface area contributed by atoms with Gasteiger partial charge in [-0.2, -0.15) is 10.1 Å². The highest BCUT2D eigenvalue weighted by atomic mass is 32.2. The van der Waals surface area contributed by atoms with Crippen LogP contribution in [0.25, 0.3) is 0 Å². The van der Waals surface area contributed by atoms with Crippen LogP contribution in [0.4, 0.5) is 33.2 Å². The van der Waals surface area contributed by atoms with Crippen molar-refractivity contribution in [1.82, 2.24) is 15.0 Å². The van der Waals surface area contributed by atoms with Crippen molar-refractivity contribution in [3.8, 4) is 5.75 Å². The number of nitrogens with zero attached hydrogens (tertiary/aromatic N) is 5. The number of hydrogen-bond acceptors (Lipinski definition) is 10. The third-order valence-electron chi connectivity index (χ3n) is 5.63. The number of para-hydroxylation sites is 1. The van der Waals surface area contributed by atoms with Crippen molar-refractivity contribution in [1.29, 1.82) is 0 Å². The van der Waals surface area contributed by atoms with Crippen molar-refractivity contribution < 1.29 is 17.5 Å². The molecule has 1 aliphatic rings. The number of benzene rings is 2. The van der Waals surface area contributed by atoms with Crippen LogP contribution in [-0.4, -0.2) is 62.2 Å². The van der Waals surface area contributed by atoms with Crippen LogP contribution in [0.1, 0.15) is 13.8 Å². The summed E-state index contributed by atoms with van der Waals surface area (Å²) in [6.07, 6.45) is 2.77. The molecular weight excluding hydrogens is 485 g/mol. The number of anilines is 5. The lowest BCUT2D eigenvalue weighted by atomic mass is 10.2. The second-order valence-electron chi connectivity index (χ2n) is 8.42. The summed E-state index contributed by atoms with van der Waals surface area (Å²) in [5.74, 6) is -0.247. The van der Waals surface area contributed by atoms with E-state index >= 15 is 0 Å². The van der Waals surface area contributed by atoms with Crippen LogP contribution in [0.15, 0.2) is 58.7 Å². The first-order chi connectivity index (χ1) is 17.2. The molecule has 1 aromatic heterocycles. The summed E-state index contributed by atoms with van der Waals surface area (Å²) in [7, 11) is -0.141. The van der Waals surface area contributed by atoms with E-state index in [0.29, 0.717) is 11.4 Å². The van der Waals surface area contributed by atoms with Gasteiger partial charge in [-0.1, -0.05) is 12.1 Å². The van der Waals surface area contributed by atoms with Crippen LogP contribution >= 0.6 is 0 Å². The number of rotatable bonds is 8. The highest BCUT2D eigenvalue weighted by Crippen LogP contribution is 2.32. The first kappa shape index (κ1) is 25.2. The predicted molar refractivity (Wildman–Crippen MR) is 139 cm³/mol. The van der Waals surface area contributed by atoms with Gasteiger partial charge in [0.1, 0.15) is 12.1 Å². The monoisotopic (exact) mass is 513 g/mol. The highest BCUT2D eigenvalue weighted by Gasteiger charge is 2.23. The van der Waals surface area contributed by atoms with Crippen LogP contribution in [0.2, 0.25) is 0 Å². The van der Waals surface area contributed by atoms with Crippen molar-refractivity contribution in [2.75, 3.05) is 42.8 Å². The lowest BCUT2D eigenvalue weighted by Crippen LogP contribution is -2.35. The normalized spacial score (nSPS) is 13.7. The smallest absolute Gasteiger partial charge is 0.229 e. The second-order valence-corrected chi connectivity index (χ2v) is 10.9. The molecule has 0 amide bonds. The third kappa shape index (κ3) is 5.33. The molecule has 0 aliphatic carbocycles. The van der Waals surface area contributed by atoms with Crippen molar-refractivity contribution in [2.24, 2.45) is 5.10 Å². The Bertz CT molecular complexity index is 1380. The number of hydrogen-bond donors (Lipinski definition) is 2. The number of likely N-dealkylation sites (N-methyl/N-ethyl adjacent to an activating group) is 1. The maximum Gasteiger partial charge on any atom is 0.229 e. The van der Waals surface area contributed by atoms with E-state index in [9.17, 15) is 12.8 Å². The molecule has 0 atom stereocenters. The fraction of sp³-hybridized carbons (Fsp3) is 0.292. The molecule has 1 aliphatic heterocycles. The number of ether oxygens (including phenoxy) is 1. The lowest BCUT2D eigenvalue weighted by molar-refractivity contribution is 0.353. The number of hydrazone groups is 1. The van der Waals surface area contributed by atoms with E-state index in [2.05, 4.69) is 25.7 Å². The van der Waals surface area contributed by atoms with Crippen molar-refractivity contribution in [3.63, 3.8) is 0 Å². The van der Waals surface area contributed by atoms with Crippen LogP contribution in [0.5, 0.6) is 5.75 Å². The van der Waals surface area contributed by atoms with Gasteiger partial charge >= 0.3 is 0 Å². The Morgan fingerprint density at radius 1 is 1.08 bits per heavy atom. The topological polar surface area (TPSA) is 112 Å². The van der Waals surface area contributed by atoms with Crippen LogP contribution in [0, 0.1) is 5.82 Å². The fourth-order valence-corrected chi connectivity index (χ4v) is 4.71. The lowest BCUT2D eigenvalue weighted by Gasteiger charge is -2.28. The van der Waals surface area contributed by atoms with E-state index in [4.69, 9.17) is 4.74 Å². The first-order valence-corrected chi connectivity index (χ1v) is 12.8. The quantitative estimate of drug-likeness (QED) is 0.462. The highest BCUT2D eigenvalue weighted by molar-refractivity contribution is 7.92. The Hall–Kier alpha value is -3.93. The average Bonchev–Trinajstić information content (AvgIpc) is 2.87. The molecule has 2 aromatic carbocycles. The van der Waals surface area contributed by atoms with Crippen molar-refractivity contribution in [3.05, 3.63) is 54.5 Å². The molecule has 12 heteroatoms. The molecule has 3 aromatic rings. The Kier molecular flexibility index (Phi) is 7.25. The summed E-state index contributed by atoms with van der Waals surface area (Å²) in [5, 5.41) is 11.4. The van der Waals surface area contributed by atoms with Gasteiger partial charge in [-0.25, -0.2) is 17.8 Å². The van der Waals surface area contributed by atoms with E-state index in [1.54, 1.807) is 45.5 Å². The molecule has 0 saturated heterocycles. The van der Waals surface area contributed by atoms with Gasteiger partial charge in [0.2, 0.25) is 5.95 Å². The summed E-state index contributed by atoms with van der Waals surface area (Å²) in [4.78, 5) is 10.3. The predicted octanol–water partition coefficient (Wildman–Crippen LogP) is 3.99. The number of aromatic nitrogens is 2. The summed E-state index contributed by atoms with van der Waals surface area (Å²) in [5.41, 5.74) is 1.71. The van der Waals surface area contributed by atoms with E-state index in [-0.39, 0.29) is 22.3 Å². The number of halogens is 1. The van der Waals surface area contributed by atoms with Crippen molar-refractivity contribution >= 4 is 45.0 Å². The Labute approximate surface area is 209 Å². The Morgan fingerprint density at radius 2 is 1.86 bits per heavy atom. The molecule has 2 N–H and O–H groups in total. The summed E-state index contributed by atoms with van der Waals surface area (Å²) >= 11 is 0. The second kappa shape index (κ2) is 10.4. The van der Waals surface area contributed by atoms with E-state index < -0.39 is 20.9 Å². The molecule has 190 valence electrons. The van der Waals surface area contributed by atoms with E-state index in [0.717, 1.165) is 25.0 Å². The molecule has 2 heterocycles. The molecule has 36 heavy (non-hydrogen) atoms. The molecule has 0 unspecified atom stereocenters. The SMILES string of the molecule is COc1cc(N2C=NN(C)CC2)ccc1Nc1ncc(F)c(Nc2ccccc2S(=O)(=O)C(C)C)n1. The largest absolute Gasteiger partial charge is 0.494 e. The van der Waals surface area contributed by atoms with Crippen LogP contribution in [-0.2, 0) is 9.84 Å². The first-order valence-electron chi connectivity index (χ1n) is 11.3. The molecule has 0 fully saturated rings. The Morgan fingerprint density at radius 3 is 2.56 bits per heavy atom. The molecule has 4 rings (SSSR count). The van der Waals surface area contributed by atoms with Crippen LogP contribution in [0.3, 0.4) is 0 Å². The zero-order chi connectivity index (χ0) is 25.9. The molecule has 0 saturated carbocycles. The molecule has 0 radical (unpaired) electrons. The maximum atomic E-state index is 14.6. The van der Waals surface area contributed by atoms with Gasteiger partial charge in [-0.05, 0) is 38.1 Å². The van der Waals surface area contributed by atoms with Gasteiger partial charge < -0.3 is 20.3 Å². The molecular formula is C24H28FN7O3S. The summed E-state index contributed by atoms with van der Waals surface area (Å²) in [6.45, 7) is 4.75. The zero-order valence-corrected chi connectivity index (χ0v) is 21.3. The van der Waals surface area contributed by atoms with E-state index in [1.165, 1.54) is 6.07 Å². The maximum absolute atomic E-state index is 14.6. The number of methoxy groups -OCH3 is 1. The van der Waals surface area contributed by atoms with Gasteiger partial charge in [0.05, 0.1) is 41.4 Å². The number of nitrogens with one attached hydrogen (secondary N) is 2. The van der Waals surface area contributed by atoms with Crippen molar-refractivity contribution in [2.45, 2.75) is 24.0 Å². The standard InChI is InChI=1S/C24H28FN7O3S/c1-16(2)36(33,34)22-8-6-5-7-20(22)28-23-18(25)14-26-24(30-23)29-19-10-9-17(13-21(19)35-4)32-12-11-31(3)27-15-32/h5-10,13-16H,11-12H2,1-4H3,(H2,26,28,29,30). The minimum Gasteiger partial charge on any atom is -0.494 e. The van der Waals surface area contributed by atoms with Gasteiger partial charge in [0.25, 0.3) is 0 Å². The van der Waals surface area contributed by atoms with Gasteiger partial charge in [0.15, 0.2) is 21.5 Å². The van der Waals surface area contributed by atoms with Gasteiger partial charge in [0, 0.05) is 25.3 Å². The zero-order valence-electron chi connectivity index (χ0n) is 20.4. The third-order valence-corrected chi connectivity index (χ3v) is 7.84. The van der Waals surface area contributed by atoms with E-state index in [1.807, 2.05) is 35.2 Å². The summed E-state index contributed by atoms with van der Waals surface area (Å²) < 4.78 is 45.7. The Balaban J connectivity index is 1.60. The van der Waals surface area contributed by atoms with Gasteiger partial charge in [-0.15, -0.1) is 0 Å². The van der Waals surface area contributed by atoms with Crippen LogP contribution < -0.4 is 20.3 Å². The minimum absolute atomic E-state index is 0.0669. The molecule has 10 nitrogen and oxygen atoms in total. The fourth-order valence-electron chi connectivity index (χ4n) is 3.51. The average molecular weight is 514 g/mol. The minimum atomic E-state index is -3.60. The summed E-state index contributed by atoms with van der Waals surface area (Å²) in [6, 6.07) is 11.9. The molecule has 0 spiro atoms. The number of sulfone groups is 1. The van der Waals surface area contributed by atoms with Gasteiger partial charge in [-0.3, -0.25) is 5.01 Å².